The molecule has 3 rings (SSSR count). The van der Waals surface area contributed by atoms with Crippen LogP contribution < -0.4 is 15.8 Å². The van der Waals surface area contributed by atoms with Crippen molar-refractivity contribution >= 4 is 38.1 Å². The molecule has 0 unspecified atom stereocenters. The maximum Gasteiger partial charge on any atom is 0.238 e. The minimum absolute atomic E-state index is 0.0545. The van der Waals surface area contributed by atoms with Crippen molar-refractivity contribution in [3.8, 4) is 0 Å². The van der Waals surface area contributed by atoms with Crippen LogP contribution in [0.15, 0.2) is 58.8 Å². The van der Waals surface area contributed by atoms with Gasteiger partial charge in [0.05, 0.1) is 17.0 Å². The van der Waals surface area contributed by atoms with Crippen LogP contribution >= 0.6 is 11.3 Å². The molecule has 0 fully saturated rings. The number of benzene rings is 2. The first-order valence-electron chi connectivity index (χ1n) is 8.65. The fourth-order valence-corrected chi connectivity index (χ4v) is 3.77. The van der Waals surface area contributed by atoms with E-state index in [9.17, 15) is 17.6 Å². The lowest BCUT2D eigenvalue weighted by Crippen LogP contribution is -2.27. The molecule has 0 saturated heterocycles. The minimum Gasteiger partial charge on any atom is -0.355 e. The summed E-state index contributed by atoms with van der Waals surface area (Å²) in [6.45, 7) is 0.415. The van der Waals surface area contributed by atoms with Gasteiger partial charge >= 0.3 is 0 Å². The molecule has 1 heterocycles. The zero-order valence-electron chi connectivity index (χ0n) is 15.3. The standard InChI is InChI=1S/C19H19FN4O3S2/c20-14-3-5-15(6-4-14)23-19-24-16(12-28-19)11-18(25)22-10-9-13-1-7-17(8-2-13)29(21,26)27/h1-8,12H,9-11H2,(H,22,25)(H,23,24)(H2,21,26,27). The summed E-state index contributed by atoms with van der Waals surface area (Å²) in [6.07, 6.45) is 0.705. The number of nitrogens with two attached hydrogens (primary N) is 1. The van der Waals surface area contributed by atoms with Crippen LogP contribution in [0.1, 0.15) is 11.3 Å². The Kier molecular flexibility index (Phi) is 6.57. The van der Waals surface area contributed by atoms with Gasteiger partial charge in [-0.15, -0.1) is 11.3 Å². The van der Waals surface area contributed by atoms with Gasteiger partial charge in [0.2, 0.25) is 15.9 Å². The van der Waals surface area contributed by atoms with E-state index < -0.39 is 10.0 Å². The third-order valence-corrected chi connectivity index (χ3v) is 5.71. The molecular weight excluding hydrogens is 415 g/mol. The van der Waals surface area contributed by atoms with E-state index in [2.05, 4.69) is 15.6 Å². The molecule has 29 heavy (non-hydrogen) atoms. The highest BCUT2D eigenvalue weighted by Crippen LogP contribution is 2.21. The molecule has 0 aliphatic rings. The van der Waals surface area contributed by atoms with Crippen LogP contribution in [0.3, 0.4) is 0 Å². The summed E-state index contributed by atoms with van der Waals surface area (Å²) in [5.74, 6) is -0.475. The molecule has 152 valence electrons. The van der Waals surface area contributed by atoms with Gasteiger partial charge in [-0.1, -0.05) is 12.1 Å². The van der Waals surface area contributed by atoms with E-state index >= 15 is 0 Å². The highest BCUT2D eigenvalue weighted by Gasteiger charge is 2.09. The minimum atomic E-state index is -3.71. The van der Waals surface area contributed by atoms with Gasteiger partial charge in [0.15, 0.2) is 5.13 Å². The predicted octanol–water partition coefficient (Wildman–Crippen LogP) is 2.57. The summed E-state index contributed by atoms with van der Waals surface area (Å²) in [5.41, 5.74) is 2.23. The van der Waals surface area contributed by atoms with Crippen LogP contribution in [0.5, 0.6) is 0 Å². The molecule has 1 amide bonds. The number of nitrogens with one attached hydrogen (secondary N) is 2. The number of amides is 1. The Morgan fingerprint density at radius 2 is 1.79 bits per heavy atom. The number of thiazole rings is 1. The monoisotopic (exact) mass is 434 g/mol. The molecule has 0 saturated carbocycles. The number of hydrogen-bond acceptors (Lipinski definition) is 6. The largest absolute Gasteiger partial charge is 0.355 e. The SMILES string of the molecule is NS(=O)(=O)c1ccc(CCNC(=O)Cc2csc(Nc3ccc(F)cc3)n2)cc1. The van der Waals surface area contributed by atoms with Crippen LogP contribution in [-0.2, 0) is 27.7 Å². The first kappa shape index (κ1) is 20.9. The van der Waals surface area contributed by atoms with Crippen molar-refractivity contribution in [2.75, 3.05) is 11.9 Å². The zero-order chi connectivity index (χ0) is 20.9. The van der Waals surface area contributed by atoms with E-state index in [1.165, 1.54) is 35.6 Å². The van der Waals surface area contributed by atoms with Crippen molar-refractivity contribution in [3.05, 3.63) is 71.0 Å². The molecule has 1 aromatic heterocycles. The molecule has 0 spiro atoms. The van der Waals surface area contributed by atoms with E-state index in [0.717, 1.165) is 5.56 Å². The maximum atomic E-state index is 12.9. The van der Waals surface area contributed by atoms with Gasteiger partial charge in [-0.25, -0.2) is 22.9 Å². The Hall–Kier alpha value is -2.82. The second-order valence-corrected chi connectivity index (χ2v) is 8.66. The Labute approximate surface area is 171 Å². The van der Waals surface area contributed by atoms with E-state index in [-0.39, 0.29) is 23.0 Å². The molecule has 0 aliphatic carbocycles. The highest BCUT2D eigenvalue weighted by molar-refractivity contribution is 7.89. The van der Waals surface area contributed by atoms with Crippen molar-refractivity contribution in [1.82, 2.24) is 10.3 Å². The summed E-state index contributed by atoms with van der Waals surface area (Å²) in [5, 5.41) is 13.3. The fraction of sp³-hybridized carbons (Fsp3) is 0.158. The van der Waals surface area contributed by atoms with Crippen LogP contribution in [0.4, 0.5) is 15.2 Å². The van der Waals surface area contributed by atoms with Gasteiger partial charge in [-0.05, 0) is 48.4 Å². The average Bonchev–Trinajstić information content (AvgIpc) is 3.10. The average molecular weight is 435 g/mol. The Bertz CT molecular complexity index is 1080. The Balaban J connectivity index is 1.45. The molecule has 0 aliphatic heterocycles. The maximum absolute atomic E-state index is 12.9. The van der Waals surface area contributed by atoms with Crippen LogP contribution in [0.2, 0.25) is 0 Å². The first-order valence-corrected chi connectivity index (χ1v) is 11.1. The van der Waals surface area contributed by atoms with Crippen LogP contribution in [0.25, 0.3) is 0 Å². The normalized spacial score (nSPS) is 11.2. The van der Waals surface area contributed by atoms with Gasteiger partial charge in [0.25, 0.3) is 0 Å². The molecule has 0 atom stereocenters. The van der Waals surface area contributed by atoms with Crippen molar-refractivity contribution in [2.24, 2.45) is 5.14 Å². The third-order valence-electron chi connectivity index (χ3n) is 3.98. The number of nitrogens with zero attached hydrogens (tertiary/aromatic N) is 1. The Morgan fingerprint density at radius 3 is 2.45 bits per heavy atom. The zero-order valence-corrected chi connectivity index (χ0v) is 16.9. The molecule has 4 N–H and O–H groups in total. The number of hydrogen-bond donors (Lipinski definition) is 3. The lowest BCUT2D eigenvalue weighted by atomic mass is 10.1. The van der Waals surface area contributed by atoms with Crippen molar-refractivity contribution in [3.63, 3.8) is 0 Å². The number of halogens is 1. The summed E-state index contributed by atoms with van der Waals surface area (Å²) in [4.78, 5) is 16.5. The summed E-state index contributed by atoms with van der Waals surface area (Å²) in [6, 6.07) is 12.1. The third kappa shape index (κ3) is 6.34. The van der Waals surface area contributed by atoms with Gasteiger partial charge < -0.3 is 10.6 Å². The smallest absolute Gasteiger partial charge is 0.238 e. The molecule has 0 bridgehead atoms. The number of anilines is 2. The summed E-state index contributed by atoms with van der Waals surface area (Å²) in [7, 11) is -3.71. The highest BCUT2D eigenvalue weighted by atomic mass is 32.2. The molecule has 0 radical (unpaired) electrons. The van der Waals surface area contributed by atoms with E-state index in [4.69, 9.17) is 5.14 Å². The van der Waals surface area contributed by atoms with Gasteiger partial charge in [-0.2, -0.15) is 0 Å². The summed E-state index contributed by atoms with van der Waals surface area (Å²) >= 11 is 1.36. The van der Waals surface area contributed by atoms with Crippen molar-refractivity contribution in [1.29, 1.82) is 0 Å². The van der Waals surface area contributed by atoms with Gasteiger partial charge in [-0.3, -0.25) is 4.79 Å². The molecule has 10 heteroatoms. The number of sulfonamides is 1. The number of primary sulfonamides is 1. The predicted molar refractivity (Wildman–Crippen MR) is 110 cm³/mol. The van der Waals surface area contributed by atoms with Gasteiger partial charge in [0, 0.05) is 17.6 Å². The number of aromatic nitrogens is 1. The number of carbonyl (C=O) groups is 1. The van der Waals surface area contributed by atoms with Crippen molar-refractivity contribution in [2.45, 2.75) is 17.7 Å². The second-order valence-electron chi connectivity index (χ2n) is 6.24. The quantitative estimate of drug-likeness (QED) is 0.504. The lowest BCUT2D eigenvalue weighted by Gasteiger charge is -2.05. The van der Waals surface area contributed by atoms with E-state index in [1.807, 2.05) is 0 Å². The molecule has 3 aromatic rings. The second kappa shape index (κ2) is 9.12. The van der Waals surface area contributed by atoms with E-state index in [1.54, 1.807) is 29.6 Å². The number of rotatable bonds is 8. The Morgan fingerprint density at radius 1 is 1.10 bits per heavy atom. The van der Waals surface area contributed by atoms with E-state index in [0.29, 0.717) is 29.5 Å². The molecule has 7 nitrogen and oxygen atoms in total. The van der Waals surface area contributed by atoms with Crippen LogP contribution in [-0.4, -0.2) is 25.9 Å². The fourth-order valence-electron chi connectivity index (χ4n) is 2.52. The lowest BCUT2D eigenvalue weighted by molar-refractivity contribution is -0.120. The molecule has 2 aromatic carbocycles. The van der Waals surface area contributed by atoms with Crippen molar-refractivity contribution < 1.29 is 17.6 Å². The van der Waals surface area contributed by atoms with Gasteiger partial charge in [0.1, 0.15) is 5.82 Å². The number of carbonyl (C=O) groups excluding carboxylic acids is 1. The topological polar surface area (TPSA) is 114 Å². The molecular formula is C19H19FN4O3S2. The first-order chi connectivity index (χ1) is 13.8. The van der Waals surface area contributed by atoms with Crippen LogP contribution in [0, 0.1) is 5.82 Å². The summed E-state index contributed by atoms with van der Waals surface area (Å²) < 4.78 is 35.4.